The highest BCUT2D eigenvalue weighted by molar-refractivity contribution is 7.89. The van der Waals surface area contributed by atoms with Gasteiger partial charge in [-0.25, -0.2) is 13.1 Å². The summed E-state index contributed by atoms with van der Waals surface area (Å²) in [5.74, 6) is 1.79. The van der Waals surface area contributed by atoms with Gasteiger partial charge in [0.05, 0.1) is 19.1 Å². The van der Waals surface area contributed by atoms with Crippen molar-refractivity contribution < 1.29 is 22.6 Å². The summed E-state index contributed by atoms with van der Waals surface area (Å²) in [4.78, 5) is 0.177. The van der Waals surface area contributed by atoms with Crippen molar-refractivity contribution in [2.24, 2.45) is 0 Å². The van der Waals surface area contributed by atoms with Gasteiger partial charge in [0.1, 0.15) is 12.4 Å². The van der Waals surface area contributed by atoms with Crippen molar-refractivity contribution >= 4 is 10.0 Å². The van der Waals surface area contributed by atoms with Crippen molar-refractivity contribution in [3.63, 3.8) is 0 Å². The monoisotopic (exact) mass is 351 g/mol. The van der Waals surface area contributed by atoms with Crippen LogP contribution in [0.4, 0.5) is 0 Å². The average molecular weight is 351 g/mol. The van der Waals surface area contributed by atoms with Gasteiger partial charge in [-0.1, -0.05) is 6.07 Å². The summed E-state index contributed by atoms with van der Waals surface area (Å²) in [6.07, 6.45) is 0. The molecule has 0 amide bonds. The van der Waals surface area contributed by atoms with E-state index in [0.29, 0.717) is 17.2 Å². The van der Waals surface area contributed by atoms with E-state index in [9.17, 15) is 8.42 Å². The van der Waals surface area contributed by atoms with Crippen molar-refractivity contribution in [2.75, 3.05) is 27.4 Å². The quantitative estimate of drug-likeness (QED) is 0.739. The molecule has 0 heterocycles. The second-order valence-electron chi connectivity index (χ2n) is 5.08. The molecule has 0 fully saturated rings. The maximum atomic E-state index is 12.2. The van der Waals surface area contributed by atoms with Crippen molar-refractivity contribution in [1.29, 1.82) is 0 Å². The molecule has 130 valence electrons. The molecule has 0 spiro atoms. The van der Waals surface area contributed by atoms with Crippen LogP contribution < -0.4 is 18.9 Å². The zero-order chi connectivity index (χ0) is 17.6. The molecule has 0 saturated carbocycles. The van der Waals surface area contributed by atoms with Crippen LogP contribution in [0.2, 0.25) is 0 Å². The van der Waals surface area contributed by atoms with Crippen LogP contribution in [-0.2, 0) is 10.0 Å². The molecule has 0 aliphatic carbocycles. The fraction of sp³-hybridized carbons (Fsp3) is 0.294. The number of ether oxygens (including phenoxy) is 3. The highest BCUT2D eigenvalue weighted by Gasteiger charge is 2.13. The molecule has 7 heteroatoms. The molecule has 1 N–H and O–H groups in total. The summed E-state index contributed by atoms with van der Waals surface area (Å²) >= 11 is 0. The Balaban J connectivity index is 1.91. The van der Waals surface area contributed by atoms with Crippen LogP contribution in [0.3, 0.4) is 0 Å². The second-order valence-corrected chi connectivity index (χ2v) is 6.84. The first-order valence-corrected chi connectivity index (χ1v) is 8.86. The predicted octanol–water partition coefficient (Wildman–Crippen LogP) is 2.37. The lowest BCUT2D eigenvalue weighted by Crippen LogP contribution is -2.28. The Morgan fingerprint density at radius 1 is 0.958 bits per heavy atom. The molecular formula is C17H21NO5S. The Bertz CT molecular complexity index is 772. The van der Waals surface area contributed by atoms with E-state index in [1.165, 1.54) is 19.2 Å². The standard InChI is InChI=1S/C17H21NO5S/c1-13-4-9-16(17(12-13)22-3)23-11-10-18-24(19,20)15-7-5-14(21-2)6-8-15/h4-9,12,18H,10-11H2,1-3H3. The largest absolute Gasteiger partial charge is 0.497 e. The molecule has 6 nitrogen and oxygen atoms in total. The van der Waals surface area contributed by atoms with Crippen molar-refractivity contribution in [3.8, 4) is 17.2 Å². The molecule has 0 aliphatic heterocycles. The summed E-state index contributed by atoms with van der Waals surface area (Å²) in [5, 5.41) is 0. The van der Waals surface area contributed by atoms with Gasteiger partial charge in [0, 0.05) is 6.54 Å². The molecule has 0 bridgehead atoms. The Kier molecular flexibility index (Phi) is 6.05. The number of aryl methyl sites for hydroxylation is 1. The lowest BCUT2D eigenvalue weighted by Gasteiger charge is -2.12. The van der Waals surface area contributed by atoms with E-state index in [1.54, 1.807) is 25.3 Å². The Labute approximate surface area is 142 Å². The van der Waals surface area contributed by atoms with Crippen molar-refractivity contribution in [1.82, 2.24) is 4.72 Å². The van der Waals surface area contributed by atoms with E-state index >= 15 is 0 Å². The summed E-state index contributed by atoms with van der Waals surface area (Å²) in [6.45, 7) is 2.29. The van der Waals surface area contributed by atoms with E-state index in [0.717, 1.165) is 5.56 Å². The van der Waals surface area contributed by atoms with Gasteiger partial charge in [-0.3, -0.25) is 0 Å². The minimum Gasteiger partial charge on any atom is -0.497 e. The maximum absolute atomic E-state index is 12.2. The van der Waals surface area contributed by atoms with Gasteiger partial charge >= 0.3 is 0 Å². The van der Waals surface area contributed by atoms with Gasteiger partial charge in [-0.15, -0.1) is 0 Å². The topological polar surface area (TPSA) is 73.9 Å². The number of hydrogen-bond acceptors (Lipinski definition) is 5. The Hall–Kier alpha value is -2.25. The molecule has 2 rings (SSSR count). The second kappa shape index (κ2) is 8.03. The van der Waals surface area contributed by atoms with Crippen LogP contribution >= 0.6 is 0 Å². The van der Waals surface area contributed by atoms with Crippen molar-refractivity contribution in [2.45, 2.75) is 11.8 Å². The maximum Gasteiger partial charge on any atom is 0.240 e. The number of sulfonamides is 1. The number of rotatable bonds is 8. The van der Waals surface area contributed by atoms with Gasteiger partial charge in [0.25, 0.3) is 0 Å². The van der Waals surface area contributed by atoms with E-state index in [1.807, 2.05) is 19.1 Å². The Morgan fingerprint density at radius 3 is 2.29 bits per heavy atom. The molecule has 2 aromatic rings. The zero-order valence-electron chi connectivity index (χ0n) is 13.9. The molecule has 0 unspecified atom stereocenters. The third kappa shape index (κ3) is 4.62. The Morgan fingerprint density at radius 2 is 1.67 bits per heavy atom. The number of hydrogen-bond donors (Lipinski definition) is 1. The lowest BCUT2D eigenvalue weighted by atomic mass is 10.2. The van der Waals surface area contributed by atoms with Crippen LogP contribution in [0.15, 0.2) is 47.4 Å². The van der Waals surface area contributed by atoms with E-state index in [2.05, 4.69) is 4.72 Å². The van der Waals surface area contributed by atoms with Crippen LogP contribution in [-0.4, -0.2) is 35.8 Å². The third-order valence-corrected chi connectivity index (χ3v) is 4.82. The first-order chi connectivity index (χ1) is 11.5. The van der Waals surface area contributed by atoms with Gasteiger partial charge in [-0.2, -0.15) is 0 Å². The summed E-state index contributed by atoms with van der Waals surface area (Å²) in [5.41, 5.74) is 1.06. The lowest BCUT2D eigenvalue weighted by molar-refractivity contribution is 0.298. The minimum atomic E-state index is -3.58. The fourth-order valence-corrected chi connectivity index (χ4v) is 3.08. The summed E-state index contributed by atoms with van der Waals surface area (Å²) < 4.78 is 42.7. The first kappa shape index (κ1) is 18.1. The molecular weight excluding hydrogens is 330 g/mol. The third-order valence-electron chi connectivity index (χ3n) is 3.34. The molecule has 0 radical (unpaired) electrons. The van der Waals surface area contributed by atoms with Crippen LogP contribution in [0.1, 0.15) is 5.56 Å². The molecule has 0 aromatic heterocycles. The number of benzene rings is 2. The molecule has 24 heavy (non-hydrogen) atoms. The predicted molar refractivity (Wildman–Crippen MR) is 91.4 cm³/mol. The fourth-order valence-electron chi connectivity index (χ4n) is 2.07. The zero-order valence-corrected chi connectivity index (χ0v) is 14.7. The normalized spacial score (nSPS) is 11.1. The van der Waals surface area contributed by atoms with Crippen LogP contribution in [0, 0.1) is 6.92 Å². The number of methoxy groups -OCH3 is 2. The molecule has 0 atom stereocenters. The molecule has 0 saturated heterocycles. The van der Waals surface area contributed by atoms with E-state index in [-0.39, 0.29) is 18.0 Å². The highest BCUT2D eigenvalue weighted by Crippen LogP contribution is 2.27. The van der Waals surface area contributed by atoms with Gasteiger partial charge in [0.2, 0.25) is 10.0 Å². The smallest absolute Gasteiger partial charge is 0.240 e. The first-order valence-electron chi connectivity index (χ1n) is 7.37. The van der Waals surface area contributed by atoms with E-state index in [4.69, 9.17) is 14.2 Å². The SMILES string of the molecule is COc1ccc(S(=O)(=O)NCCOc2ccc(C)cc2OC)cc1. The van der Waals surface area contributed by atoms with Crippen LogP contribution in [0.5, 0.6) is 17.2 Å². The highest BCUT2D eigenvalue weighted by atomic mass is 32.2. The average Bonchev–Trinajstić information content (AvgIpc) is 2.59. The summed E-state index contributed by atoms with van der Waals surface area (Å²) in [7, 11) is -0.489. The van der Waals surface area contributed by atoms with Gasteiger partial charge in [-0.05, 0) is 48.9 Å². The van der Waals surface area contributed by atoms with E-state index < -0.39 is 10.0 Å². The van der Waals surface area contributed by atoms with Crippen molar-refractivity contribution in [3.05, 3.63) is 48.0 Å². The summed E-state index contributed by atoms with van der Waals surface area (Å²) in [6, 6.07) is 11.7. The van der Waals surface area contributed by atoms with Gasteiger partial charge < -0.3 is 14.2 Å². The van der Waals surface area contributed by atoms with Gasteiger partial charge in [0.15, 0.2) is 11.5 Å². The van der Waals surface area contributed by atoms with Crippen LogP contribution in [0.25, 0.3) is 0 Å². The minimum absolute atomic E-state index is 0.144. The molecule has 0 aliphatic rings. The molecule has 2 aromatic carbocycles. The number of nitrogens with one attached hydrogen (secondary N) is 1.